The predicted molar refractivity (Wildman–Crippen MR) is 104 cm³/mol. The zero-order chi connectivity index (χ0) is 18.3. The van der Waals surface area contributed by atoms with Crippen LogP contribution in [0.2, 0.25) is 0 Å². The minimum Gasteiger partial charge on any atom is -0.371 e. The number of carbonyl (C=O) groups is 1. The van der Waals surface area contributed by atoms with Crippen molar-refractivity contribution in [2.45, 2.75) is 40.2 Å². The summed E-state index contributed by atoms with van der Waals surface area (Å²) in [4.78, 5) is 20.5. The lowest BCUT2D eigenvalue weighted by molar-refractivity contribution is 0.103. The topological polar surface area (TPSA) is 51.0 Å². The molecule has 0 bridgehead atoms. The van der Waals surface area contributed by atoms with Crippen LogP contribution < -0.4 is 4.90 Å². The summed E-state index contributed by atoms with van der Waals surface area (Å²) in [5.74, 6) is 0.0345. The molecule has 134 valence electrons. The minimum atomic E-state index is 0.0345. The molecule has 0 radical (unpaired) electrons. The summed E-state index contributed by atoms with van der Waals surface area (Å²) >= 11 is 0. The van der Waals surface area contributed by atoms with Crippen LogP contribution in [0.5, 0.6) is 0 Å². The number of rotatable bonds is 4. The van der Waals surface area contributed by atoms with E-state index in [2.05, 4.69) is 29.9 Å². The molecule has 0 fully saturated rings. The highest BCUT2D eigenvalue weighted by Crippen LogP contribution is 2.36. The molecule has 0 spiro atoms. The number of pyridine rings is 1. The van der Waals surface area contributed by atoms with Gasteiger partial charge in [-0.15, -0.1) is 0 Å². The molecular formula is C21H24N4O. The van der Waals surface area contributed by atoms with Gasteiger partial charge < -0.3 is 4.90 Å². The van der Waals surface area contributed by atoms with Crippen LogP contribution in [0.25, 0.3) is 11.0 Å². The van der Waals surface area contributed by atoms with E-state index in [-0.39, 0.29) is 5.78 Å². The van der Waals surface area contributed by atoms with Crippen molar-refractivity contribution in [2.75, 3.05) is 18.0 Å². The van der Waals surface area contributed by atoms with Gasteiger partial charge in [-0.1, -0.05) is 24.3 Å². The molecule has 0 saturated carbocycles. The predicted octanol–water partition coefficient (Wildman–Crippen LogP) is 3.63. The normalized spacial score (nSPS) is 13.4. The van der Waals surface area contributed by atoms with Crippen molar-refractivity contribution >= 4 is 22.5 Å². The van der Waals surface area contributed by atoms with Gasteiger partial charge in [-0.2, -0.15) is 5.10 Å². The van der Waals surface area contributed by atoms with Gasteiger partial charge in [0.25, 0.3) is 0 Å². The molecule has 5 nitrogen and oxygen atoms in total. The van der Waals surface area contributed by atoms with Gasteiger partial charge in [-0.05, 0) is 39.2 Å². The number of benzene rings is 1. The van der Waals surface area contributed by atoms with Gasteiger partial charge in [0.1, 0.15) is 5.69 Å². The number of aryl methyl sites for hydroxylation is 2. The number of ketones is 1. The van der Waals surface area contributed by atoms with Crippen molar-refractivity contribution in [1.29, 1.82) is 0 Å². The van der Waals surface area contributed by atoms with Crippen molar-refractivity contribution in [3.05, 3.63) is 52.8 Å². The summed E-state index contributed by atoms with van der Waals surface area (Å²) in [6.07, 6.45) is 3.59. The second-order valence-corrected chi connectivity index (χ2v) is 6.64. The average Bonchev–Trinajstić information content (AvgIpc) is 3.03. The Kier molecular flexibility index (Phi) is 4.23. The number of fused-ring (bicyclic) bond motifs is 3. The highest BCUT2D eigenvalue weighted by molar-refractivity contribution is 6.12. The van der Waals surface area contributed by atoms with Crippen molar-refractivity contribution in [1.82, 2.24) is 14.8 Å². The van der Waals surface area contributed by atoms with E-state index in [0.29, 0.717) is 5.69 Å². The fraction of sp³-hybridized carbons (Fsp3) is 0.381. The number of nitrogens with zero attached hydrogens (tertiary/aromatic N) is 4. The molecule has 0 aliphatic heterocycles. The summed E-state index contributed by atoms with van der Waals surface area (Å²) in [6, 6.07) is 7.92. The molecule has 2 aromatic heterocycles. The number of hydrogen-bond donors (Lipinski definition) is 0. The zero-order valence-corrected chi connectivity index (χ0v) is 15.6. The van der Waals surface area contributed by atoms with Gasteiger partial charge in [-0.25, -0.2) is 9.67 Å². The zero-order valence-electron chi connectivity index (χ0n) is 15.6. The Hall–Kier alpha value is -2.69. The minimum absolute atomic E-state index is 0.0345. The van der Waals surface area contributed by atoms with E-state index in [4.69, 9.17) is 4.98 Å². The fourth-order valence-electron chi connectivity index (χ4n) is 4.02. The van der Waals surface area contributed by atoms with Crippen LogP contribution in [0.1, 0.15) is 48.0 Å². The summed E-state index contributed by atoms with van der Waals surface area (Å²) in [7, 11) is 0. The SMILES string of the molecule is CCN(CC)c1c2c(nc3c1cnn3CC)C(=O)c1ccccc1CC2. The molecule has 0 N–H and O–H groups in total. The van der Waals surface area contributed by atoms with E-state index in [0.717, 1.165) is 65.9 Å². The fourth-order valence-corrected chi connectivity index (χ4v) is 4.02. The maximum absolute atomic E-state index is 13.3. The maximum Gasteiger partial charge on any atom is 0.212 e. The lowest BCUT2D eigenvalue weighted by atomic mass is 10.0. The van der Waals surface area contributed by atoms with Gasteiger partial charge in [0.05, 0.1) is 17.3 Å². The van der Waals surface area contributed by atoms with E-state index in [1.807, 2.05) is 36.0 Å². The van der Waals surface area contributed by atoms with Gasteiger partial charge in [0, 0.05) is 30.8 Å². The Bertz CT molecular complexity index is 985. The molecule has 1 aliphatic rings. The Morgan fingerprint density at radius 1 is 1.12 bits per heavy atom. The van der Waals surface area contributed by atoms with E-state index in [1.165, 1.54) is 0 Å². The molecular weight excluding hydrogens is 324 g/mol. The van der Waals surface area contributed by atoms with Gasteiger partial charge in [0.2, 0.25) is 5.78 Å². The summed E-state index contributed by atoms with van der Waals surface area (Å²) in [5.41, 5.74) is 5.50. The first-order valence-corrected chi connectivity index (χ1v) is 9.45. The number of hydrogen-bond acceptors (Lipinski definition) is 4. The third-order valence-corrected chi connectivity index (χ3v) is 5.36. The van der Waals surface area contributed by atoms with Crippen LogP contribution in [0, 0.1) is 0 Å². The standard InChI is InChI=1S/C21H24N4O/c1-4-24(5-2)19-16-12-11-14-9-7-8-10-15(14)20(26)18(16)23-21-17(19)13-22-25(21)6-3/h7-10,13H,4-6,11-12H2,1-3H3. The molecule has 0 unspecified atom stereocenters. The highest BCUT2D eigenvalue weighted by Gasteiger charge is 2.28. The molecule has 3 aromatic rings. The lowest BCUT2D eigenvalue weighted by Crippen LogP contribution is -2.25. The van der Waals surface area contributed by atoms with Crippen molar-refractivity contribution in [3.8, 4) is 0 Å². The smallest absolute Gasteiger partial charge is 0.212 e. The van der Waals surface area contributed by atoms with E-state index >= 15 is 0 Å². The molecule has 5 heteroatoms. The third-order valence-electron chi connectivity index (χ3n) is 5.36. The van der Waals surface area contributed by atoms with Crippen molar-refractivity contribution in [3.63, 3.8) is 0 Å². The van der Waals surface area contributed by atoms with Gasteiger partial charge in [-0.3, -0.25) is 4.79 Å². The van der Waals surface area contributed by atoms with Crippen molar-refractivity contribution in [2.24, 2.45) is 0 Å². The van der Waals surface area contributed by atoms with Crippen LogP contribution in [0.3, 0.4) is 0 Å². The van der Waals surface area contributed by atoms with Crippen LogP contribution in [0.4, 0.5) is 5.69 Å². The Morgan fingerprint density at radius 3 is 2.62 bits per heavy atom. The molecule has 0 atom stereocenters. The van der Waals surface area contributed by atoms with E-state index < -0.39 is 0 Å². The van der Waals surface area contributed by atoms with Crippen molar-refractivity contribution < 1.29 is 4.79 Å². The second kappa shape index (κ2) is 6.56. The third kappa shape index (κ3) is 2.42. The maximum atomic E-state index is 13.3. The lowest BCUT2D eigenvalue weighted by Gasteiger charge is -2.25. The van der Waals surface area contributed by atoms with E-state index in [1.54, 1.807) is 0 Å². The second-order valence-electron chi connectivity index (χ2n) is 6.64. The molecule has 0 saturated heterocycles. The van der Waals surface area contributed by atoms with Crippen LogP contribution in [0.15, 0.2) is 30.5 Å². The van der Waals surface area contributed by atoms with Gasteiger partial charge in [0.15, 0.2) is 5.65 Å². The molecule has 1 aromatic carbocycles. The Morgan fingerprint density at radius 2 is 1.88 bits per heavy atom. The first kappa shape index (κ1) is 16.8. The quantitative estimate of drug-likeness (QED) is 0.722. The molecule has 0 amide bonds. The summed E-state index contributed by atoms with van der Waals surface area (Å²) in [5, 5.41) is 5.55. The molecule has 1 aliphatic carbocycles. The first-order valence-electron chi connectivity index (χ1n) is 9.45. The molecule has 26 heavy (non-hydrogen) atoms. The number of carbonyl (C=O) groups excluding carboxylic acids is 1. The first-order chi connectivity index (χ1) is 12.7. The monoisotopic (exact) mass is 348 g/mol. The summed E-state index contributed by atoms with van der Waals surface area (Å²) in [6.45, 7) is 8.87. The Balaban J connectivity index is 2.05. The molecule has 4 rings (SSSR count). The average molecular weight is 348 g/mol. The van der Waals surface area contributed by atoms with Crippen LogP contribution >= 0.6 is 0 Å². The van der Waals surface area contributed by atoms with Crippen LogP contribution in [-0.2, 0) is 19.4 Å². The van der Waals surface area contributed by atoms with Gasteiger partial charge >= 0.3 is 0 Å². The summed E-state index contributed by atoms with van der Waals surface area (Å²) < 4.78 is 1.88. The largest absolute Gasteiger partial charge is 0.371 e. The number of aromatic nitrogens is 3. The Labute approximate surface area is 153 Å². The molecule has 2 heterocycles. The van der Waals surface area contributed by atoms with Crippen LogP contribution in [-0.4, -0.2) is 33.6 Å². The highest BCUT2D eigenvalue weighted by atomic mass is 16.1. The van der Waals surface area contributed by atoms with E-state index in [9.17, 15) is 4.79 Å². The number of anilines is 1.